The van der Waals surface area contributed by atoms with Crippen LogP contribution in [0, 0.1) is 11.3 Å². The molecule has 0 aliphatic carbocycles. The molecule has 1 rings (SSSR count). The largest absolute Gasteiger partial charge is 0.491 e. The van der Waals surface area contributed by atoms with E-state index in [2.05, 4.69) is 0 Å². The number of hydrogen-bond donors (Lipinski definition) is 1. The van der Waals surface area contributed by atoms with Crippen LogP contribution >= 0.6 is 11.6 Å². The van der Waals surface area contributed by atoms with Gasteiger partial charge >= 0.3 is 0 Å². The molecule has 0 saturated heterocycles. The summed E-state index contributed by atoms with van der Waals surface area (Å²) < 4.78 is 5.31. The van der Waals surface area contributed by atoms with E-state index in [1.54, 1.807) is 31.2 Å². The SMILES string of the molecule is C[C@](N)(C#N)COc1ccc(Cl)cc1. The number of ether oxygens (including phenoxy) is 1. The van der Waals surface area contributed by atoms with Crippen molar-refractivity contribution in [1.29, 1.82) is 5.26 Å². The first-order valence-electron chi connectivity index (χ1n) is 4.12. The van der Waals surface area contributed by atoms with Gasteiger partial charge in [-0.2, -0.15) is 5.26 Å². The summed E-state index contributed by atoms with van der Waals surface area (Å²) in [7, 11) is 0. The van der Waals surface area contributed by atoms with Crippen molar-refractivity contribution in [3.05, 3.63) is 29.3 Å². The summed E-state index contributed by atoms with van der Waals surface area (Å²) in [4.78, 5) is 0. The van der Waals surface area contributed by atoms with Crippen LogP contribution in [0.25, 0.3) is 0 Å². The summed E-state index contributed by atoms with van der Waals surface area (Å²) in [6, 6.07) is 8.85. The Morgan fingerprint density at radius 1 is 1.50 bits per heavy atom. The van der Waals surface area contributed by atoms with Gasteiger partial charge in [0.2, 0.25) is 0 Å². The third-order valence-electron chi connectivity index (χ3n) is 1.61. The molecule has 0 aliphatic rings. The lowest BCUT2D eigenvalue weighted by molar-refractivity contribution is 0.265. The number of benzene rings is 1. The van der Waals surface area contributed by atoms with Gasteiger partial charge in [0.15, 0.2) is 0 Å². The van der Waals surface area contributed by atoms with Crippen LogP contribution in [-0.4, -0.2) is 12.1 Å². The Morgan fingerprint density at radius 3 is 2.57 bits per heavy atom. The maximum absolute atomic E-state index is 8.64. The quantitative estimate of drug-likeness (QED) is 0.830. The molecule has 2 N–H and O–H groups in total. The predicted molar refractivity (Wildman–Crippen MR) is 55.2 cm³/mol. The van der Waals surface area contributed by atoms with Crippen LogP contribution in [0.1, 0.15) is 6.92 Å². The number of hydrogen-bond acceptors (Lipinski definition) is 3. The number of nitrogens with zero attached hydrogens (tertiary/aromatic N) is 1. The molecular formula is C10H11ClN2O. The van der Waals surface area contributed by atoms with Crippen LogP contribution in [0.3, 0.4) is 0 Å². The number of halogens is 1. The fourth-order valence-electron chi connectivity index (χ4n) is 0.796. The highest BCUT2D eigenvalue weighted by Crippen LogP contribution is 2.16. The van der Waals surface area contributed by atoms with Gasteiger partial charge in [-0.05, 0) is 31.2 Å². The minimum Gasteiger partial charge on any atom is -0.491 e. The van der Waals surface area contributed by atoms with Crippen molar-refractivity contribution in [1.82, 2.24) is 0 Å². The topological polar surface area (TPSA) is 59.0 Å². The molecule has 1 aromatic carbocycles. The summed E-state index contributed by atoms with van der Waals surface area (Å²) in [5.41, 5.74) is 4.62. The highest BCUT2D eigenvalue weighted by Gasteiger charge is 2.17. The minimum absolute atomic E-state index is 0.158. The molecule has 74 valence electrons. The van der Waals surface area contributed by atoms with Crippen molar-refractivity contribution in [3.63, 3.8) is 0 Å². The maximum Gasteiger partial charge on any atom is 0.135 e. The van der Waals surface area contributed by atoms with Gasteiger partial charge in [0.25, 0.3) is 0 Å². The van der Waals surface area contributed by atoms with Crippen molar-refractivity contribution in [2.45, 2.75) is 12.5 Å². The number of nitriles is 1. The molecule has 4 heteroatoms. The lowest BCUT2D eigenvalue weighted by Gasteiger charge is -2.15. The minimum atomic E-state index is -0.959. The van der Waals surface area contributed by atoms with E-state index in [9.17, 15) is 0 Å². The molecule has 1 atom stereocenters. The molecule has 0 fully saturated rings. The molecule has 0 aliphatic heterocycles. The van der Waals surface area contributed by atoms with Crippen molar-refractivity contribution < 1.29 is 4.74 Å². The number of nitrogens with two attached hydrogens (primary N) is 1. The molecule has 1 aromatic rings. The Labute approximate surface area is 88.0 Å². The predicted octanol–water partition coefficient (Wildman–Crippen LogP) is 1.96. The lowest BCUT2D eigenvalue weighted by Crippen LogP contribution is -2.40. The Kier molecular flexibility index (Phi) is 3.34. The zero-order valence-electron chi connectivity index (χ0n) is 7.83. The molecule has 3 nitrogen and oxygen atoms in total. The van der Waals surface area contributed by atoms with E-state index in [0.29, 0.717) is 10.8 Å². The monoisotopic (exact) mass is 210 g/mol. The van der Waals surface area contributed by atoms with Gasteiger partial charge in [-0.3, -0.25) is 0 Å². The van der Waals surface area contributed by atoms with Crippen LogP contribution in [0.15, 0.2) is 24.3 Å². The third-order valence-corrected chi connectivity index (χ3v) is 1.86. The summed E-state index contributed by atoms with van der Waals surface area (Å²) >= 11 is 5.70. The average Bonchev–Trinajstić information content (AvgIpc) is 2.17. The van der Waals surface area contributed by atoms with Crippen molar-refractivity contribution >= 4 is 11.6 Å². The fourth-order valence-corrected chi connectivity index (χ4v) is 0.922. The number of rotatable bonds is 3. The standard InChI is InChI=1S/C10H11ClN2O/c1-10(13,6-12)7-14-9-4-2-8(11)3-5-9/h2-5H,7,13H2,1H3/t10-/m0/s1. The smallest absolute Gasteiger partial charge is 0.135 e. The van der Waals surface area contributed by atoms with E-state index in [4.69, 9.17) is 27.3 Å². The maximum atomic E-state index is 8.64. The van der Waals surface area contributed by atoms with E-state index >= 15 is 0 Å². The summed E-state index contributed by atoms with van der Waals surface area (Å²) in [5, 5.41) is 9.29. The summed E-state index contributed by atoms with van der Waals surface area (Å²) in [5.74, 6) is 0.654. The molecule has 14 heavy (non-hydrogen) atoms. The Balaban J connectivity index is 2.55. The van der Waals surface area contributed by atoms with Crippen molar-refractivity contribution in [3.8, 4) is 11.8 Å². The Bertz CT molecular complexity index is 340. The van der Waals surface area contributed by atoms with E-state index < -0.39 is 5.54 Å². The van der Waals surface area contributed by atoms with Gasteiger partial charge in [-0.15, -0.1) is 0 Å². The van der Waals surface area contributed by atoms with Crippen molar-refractivity contribution in [2.75, 3.05) is 6.61 Å². The van der Waals surface area contributed by atoms with E-state index in [-0.39, 0.29) is 6.61 Å². The lowest BCUT2D eigenvalue weighted by atomic mass is 10.1. The van der Waals surface area contributed by atoms with Crippen LogP contribution < -0.4 is 10.5 Å². The second-order valence-electron chi connectivity index (χ2n) is 3.27. The van der Waals surface area contributed by atoms with Gasteiger partial charge in [0, 0.05) is 5.02 Å². The molecule has 0 unspecified atom stereocenters. The third kappa shape index (κ3) is 3.25. The Morgan fingerprint density at radius 2 is 2.07 bits per heavy atom. The molecular weight excluding hydrogens is 200 g/mol. The van der Waals surface area contributed by atoms with E-state index in [1.807, 2.05) is 6.07 Å². The van der Waals surface area contributed by atoms with Crippen LogP contribution in [0.4, 0.5) is 0 Å². The molecule has 0 aromatic heterocycles. The second-order valence-corrected chi connectivity index (χ2v) is 3.71. The zero-order valence-corrected chi connectivity index (χ0v) is 8.58. The zero-order chi connectivity index (χ0) is 10.6. The average molecular weight is 211 g/mol. The summed E-state index contributed by atoms with van der Waals surface area (Å²) in [6.07, 6.45) is 0. The first kappa shape index (κ1) is 10.8. The van der Waals surface area contributed by atoms with Crippen LogP contribution in [0.5, 0.6) is 5.75 Å². The summed E-state index contributed by atoms with van der Waals surface area (Å²) in [6.45, 7) is 1.77. The fraction of sp³-hybridized carbons (Fsp3) is 0.300. The molecule has 0 bridgehead atoms. The normalized spacial score (nSPS) is 14.1. The van der Waals surface area contributed by atoms with Crippen LogP contribution in [0.2, 0.25) is 5.02 Å². The second kappa shape index (κ2) is 4.32. The van der Waals surface area contributed by atoms with E-state index in [0.717, 1.165) is 0 Å². The van der Waals surface area contributed by atoms with Gasteiger partial charge in [0.1, 0.15) is 17.9 Å². The molecule has 0 heterocycles. The van der Waals surface area contributed by atoms with Gasteiger partial charge in [-0.25, -0.2) is 0 Å². The molecule has 0 spiro atoms. The van der Waals surface area contributed by atoms with Gasteiger partial charge < -0.3 is 10.5 Å². The first-order valence-corrected chi connectivity index (χ1v) is 4.50. The first-order chi connectivity index (χ1) is 6.53. The van der Waals surface area contributed by atoms with Gasteiger partial charge in [-0.1, -0.05) is 11.6 Å². The van der Waals surface area contributed by atoms with E-state index in [1.165, 1.54) is 0 Å². The highest BCUT2D eigenvalue weighted by atomic mass is 35.5. The highest BCUT2D eigenvalue weighted by molar-refractivity contribution is 6.30. The van der Waals surface area contributed by atoms with Crippen molar-refractivity contribution in [2.24, 2.45) is 5.73 Å². The molecule has 0 amide bonds. The van der Waals surface area contributed by atoms with Gasteiger partial charge in [0.05, 0.1) is 6.07 Å². The van der Waals surface area contributed by atoms with Crippen LogP contribution in [-0.2, 0) is 0 Å². The molecule has 0 saturated carbocycles. The molecule has 0 radical (unpaired) electrons. The Hall–Kier alpha value is -1.24.